The number of hydrogen-bond acceptors (Lipinski definition) is 3. The Morgan fingerprint density at radius 3 is 2.39 bits per heavy atom. The molecule has 1 atom stereocenters. The molecule has 1 aliphatic rings. The largest absolute Gasteiger partial charge is 0.391 e. The minimum absolute atomic E-state index is 0.0146. The van der Waals surface area contributed by atoms with Gasteiger partial charge in [-0.05, 0) is 43.0 Å². The summed E-state index contributed by atoms with van der Waals surface area (Å²) in [5, 5.41) is 1.96. The van der Waals surface area contributed by atoms with Crippen LogP contribution in [0.15, 0.2) is 17.5 Å². The van der Waals surface area contributed by atoms with E-state index in [1.54, 1.807) is 11.3 Å². The van der Waals surface area contributed by atoms with Gasteiger partial charge in [0, 0.05) is 4.88 Å². The van der Waals surface area contributed by atoms with Crippen molar-refractivity contribution >= 4 is 11.3 Å². The maximum absolute atomic E-state index is 12.6. The molecular weight excluding hydrogens is 261 g/mol. The van der Waals surface area contributed by atoms with E-state index in [4.69, 9.17) is 5.84 Å². The first-order chi connectivity index (χ1) is 8.52. The first kappa shape index (κ1) is 13.8. The van der Waals surface area contributed by atoms with E-state index in [0.717, 1.165) is 4.88 Å². The summed E-state index contributed by atoms with van der Waals surface area (Å²) >= 11 is 1.59. The Morgan fingerprint density at radius 2 is 1.94 bits per heavy atom. The summed E-state index contributed by atoms with van der Waals surface area (Å²) in [5.41, 5.74) is 2.76. The number of hydrogen-bond donors (Lipinski definition) is 2. The predicted octanol–water partition coefficient (Wildman–Crippen LogP) is 3.62. The molecule has 1 unspecified atom stereocenters. The van der Waals surface area contributed by atoms with Crippen molar-refractivity contribution in [3.63, 3.8) is 0 Å². The van der Waals surface area contributed by atoms with Gasteiger partial charge in [-0.1, -0.05) is 6.07 Å². The van der Waals surface area contributed by atoms with E-state index in [9.17, 15) is 13.2 Å². The molecule has 0 radical (unpaired) electrons. The van der Waals surface area contributed by atoms with Crippen LogP contribution >= 0.6 is 11.3 Å². The predicted molar refractivity (Wildman–Crippen MR) is 65.9 cm³/mol. The zero-order valence-corrected chi connectivity index (χ0v) is 10.7. The Balaban J connectivity index is 1.96. The van der Waals surface area contributed by atoms with Crippen molar-refractivity contribution in [2.45, 2.75) is 37.9 Å². The Labute approximate surface area is 108 Å². The normalized spacial score (nSPS) is 27.1. The first-order valence-electron chi connectivity index (χ1n) is 6.08. The number of hydrazine groups is 1. The molecule has 1 aromatic rings. The molecule has 1 saturated carbocycles. The summed E-state index contributed by atoms with van der Waals surface area (Å²) in [5.74, 6) is 4.62. The minimum atomic E-state index is -4.04. The molecule has 0 aromatic carbocycles. The van der Waals surface area contributed by atoms with Crippen molar-refractivity contribution in [2.75, 3.05) is 0 Å². The Kier molecular flexibility index (Phi) is 4.29. The fourth-order valence-electron chi connectivity index (χ4n) is 2.70. The van der Waals surface area contributed by atoms with Gasteiger partial charge < -0.3 is 0 Å². The molecule has 1 aromatic heterocycles. The maximum Gasteiger partial charge on any atom is 0.391 e. The summed E-state index contributed by atoms with van der Waals surface area (Å²) in [6.45, 7) is 0. The SMILES string of the molecule is NNC(c1cccs1)C1CCC(C(F)(F)F)CC1. The first-order valence-corrected chi connectivity index (χ1v) is 6.96. The number of nitrogens with one attached hydrogen (secondary N) is 1. The van der Waals surface area contributed by atoms with Crippen molar-refractivity contribution in [2.24, 2.45) is 17.7 Å². The molecular formula is C12H17F3N2S. The molecule has 2 rings (SSSR count). The third-order valence-corrected chi connectivity index (χ3v) is 4.69. The lowest BCUT2D eigenvalue weighted by molar-refractivity contribution is -0.184. The molecule has 18 heavy (non-hydrogen) atoms. The lowest BCUT2D eigenvalue weighted by atomic mass is 9.78. The average Bonchev–Trinajstić information content (AvgIpc) is 2.83. The zero-order valence-electron chi connectivity index (χ0n) is 9.91. The number of halogens is 3. The van der Waals surface area contributed by atoms with Crippen LogP contribution in [0.3, 0.4) is 0 Å². The third-order valence-electron chi connectivity index (χ3n) is 3.74. The zero-order chi connectivity index (χ0) is 13.2. The second-order valence-electron chi connectivity index (χ2n) is 4.81. The Bertz CT molecular complexity index is 356. The van der Waals surface area contributed by atoms with Crippen LogP contribution < -0.4 is 11.3 Å². The highest BCUT2D eigenvalue weighted by Crippen LogP contribution is 2.43. The lowest BCUT2D eigenvalue weighted by Gasteiger charge is -2.33. The van der Waals surface area contributed by atoms with Crippen molar-refractivity contribution in [3.8, 4) is 0 Å². The number of thiophene rings is 1. The third kappa shape index (κ3) is 3.05. The summed E-state index contributed by atoms with van der Waals surface area (Å²) in [4.78, 5) is 1.10. The van der Waals surface area contributed by atoms with Gasteiger partial charge in [0.2, 0.25) is 0 Å². The molecule has 1 aliphatic carbocycles. The molecule has 0 saturated heterocycles. The highest BCUT2D eigenvalue weighted by molar-refractivity contribution is 7.10. The van der Waals surface area contributed by atoms with E-state index in [1.165, 1.54) is 0 Å². The molecule has 0 spiro atoms. The highest BCUT2D eigenvalue weighted by atomic mass is 32.1. The molecule has 6 heteroatoms. The number of nitrogens with two attached hydrogens (primary N) is 1. The second kappa shape index (κ2) is 5.59. The smallest absolute Gasteiger partial charge is 0.271 e. The van der Waals surface area contributed by atoms with Gasteiger partial charge in [-0.25, -0.2) is 0 Å². The van der Waals surface area contributed by atoms with Crippen molar-refractivity contribution in [1.29, 1.82) is 0 Å². The van der Waals surface area contributed by atoms with E-state index in [1.807, 2.05) is 17.5 Å². The van der Waals surface area contributed by atoms with Gasteiger partial charge in [-0.2, -0.15) is 13.2 Å². The lowest BCUT2D eigenvalue weighted by Crippen LogP contribution is -2.36. The summed E-state index contributed by atoms with van der Waals surface area (Å²) in [6, 6.07) is 3.90. The number of rotatable bonds is 3. The van der Waals surface area contributed by atoms with E-state index >= 15 is 0 Å². The molecule has 0 amide bonds. The van der Waals surface area contributed by atoms with Gasteiger partial charge in [0.1, 0.15) is 0 Å². The average molecular weight is 278 g/mol. The highest BCUT2D eigenvalue weighted by Gasteiger charge is 2.42. The van der Waals surface area contributed by atoms with Crippen LogP contribution in [0.4, 0.5) is 13.2 Å². The molecule has 102 valence electrons. The van der Waals surface area contributed by atoms with Gasteiger partial charge in [-0.15, -0.1) is 11.3 Å². The van der Waals surface area contributed by atoms with Gasteiger partial charge in [0.25, 0.3) is 0 Å². The van der Waals surface area contributed by atoms with Gasteiger partial charge in [-0.3, -0.25) is 11.3 Å². The topological polar surface area (TPSA) is 38.0 Å². The quantitative estimate of drug-likeness (QED) is 0.654. The van der Waals surface area contributed by atoms with Crippen LogP contribution in [0.25, 0.3) is 0 Å². The summed E-state index contributed by atoms with van der Waals surface area (Å²) in [7, 11) is 0. The van der Waals surface area contributed by atoms with Crippen molar-refractivity contribution in [1.82, 2.24) is 5.43 Å². The van der Waals surface area contributed by atoms with Crippen molar-refractivity contribution in [3.05, 3.63) is 22.4 Å². The van der Waals surface area contributed by atoms with Crippen LogP contribution in [-0.4, -0.2) is 6.18 Å². The molecule has 0 bridgehead atoms. The Hall–Kier alpha value is -0.590. The van der Waals surface area contributed by atoms with Crippen molar-refractivity contribution < 1.29 is 13.2 Å². The minimum Gasteiger partial charge on any atom is -0.271 e. The van der Waals surface area contributed by atoms with Crippen LogP contribution in [0, 0.1) is 11.8 Å². The standard InChI is InChI=1S/C12H17F3N2S/c13-12(14,15)9-5-3-8(4-6-9)11(17-16)10-2-1-7-18-10/h1-2,7-9,11,17H,3-6,16H2. The summed E-state index contributed by atoms with van der Waals surface area (Å²) < 4.78 is 37.8. The van der Waals surface area contributed by atoms with Crippen LogP contribution in [0.2, 0.25) is 0 Å². The van der Waals surface area contributed by atoms with Gasteiger partial charge in [0.05, 0.1) is 12.0 Å². The van der Waals surface area contributed by atoms with Crippen LogP contribution in [-0.2, 0) is 0 Å². The van der Waals surface area contributed by atoms with Gasteiger partial charge >= 0.3 is 6.18 Å². The van der Waals surface area contributed by atoms with E-state index < -0.39 is 12.1 Å². The van der Waals surface area contributed by atoms with Crippen LogP contribution in [0.5, 0.6) is 0 Å². The van der Waals surface area contributed by atoms with E-state index in [2.05, 4.69) is 5.43 Å². The van der Waals surface area contributed by atoms with Gasteiger partial charge in [0.15, 0.2) is 0 Å². The number of alkyl halides is 3. The second-order valence-corrected chi connectivity index (χ2v) is 5.79. The van der Waals surface area contributed by atoms with E-state index in [0.29, 0.717) is 12.8 Å². The maximum atomic E-state index is 12.6. The molecule has 3 N–H and O–H groups in total. The monoisotopic (exact) mass is 278 g/mol. The Morgan fingerprint density at radius 1 is 1.28 bits per heavy atom. The molecule has 2 nitrogen and oxygen atoms in total. The fourth-order valence-corrected chi connectivity index (χ4v) is 3.58. The molecule has 1 heterocycles. The fraction of sp³-hybridized carbons (Fsp3) is 0.667. The van der Waals surface area contributed by atoms with Crippen LogP contribution in [0.1, 0.15) is 36.6 Å². The molecule has 1 fully saturated rings. The molecule has 0 aliphatic heterocycles. The van der Waals surface area contributed by atoms with E-state index in [-0.39, 0.29) is 24.8 Å². The summed E-state index contributed by atoms with van der Waals surface area (Å²) in [6.07, 6.45) is -2.44.